The van der Waals surface area contributed by atoms with Crippen molar-refractivity contribution >= 4 is 17.4 Å². The fourth-order valence-electron chi connectivity index (χ4n) is 3.45. The highest BCUT2D eigenvalue weighted by Crippen LogP contribution is 2.53. The van der Waals surface area contributed by atoms with Crippen LogP contribution in [0.2, 0.25) is 0 Å². The summed E-state index contributed by atoms with van der Waals surface area (Å²) in [5.74, 6) is 3.09. The Bertz CT molecular complexity index is 356. The van der Waals surface area contributed by atoms with Gasteiger partial charge in [-0.15, -0.1) is 11.6 Å². The molecule has 0 heterocycles. The highest BCUT2D eigenvalue weighted by Gasteiger charge is 2.50. The second kappa shape index (κ2) is 3.48. The summed E-state index contributed by atoms with van der Waals surface area (Å²) in [5.41, 5.74) is 1.06. The number of alkyl halides is 1. The highest BCUT2D eigenvalue weighted by atomic mass is 35.5. The molecule has 3 rings (SSSR count). The number of carbonyl (C=O) groups excluding carboxylic acids is 1. The Morgan fingerprint density at radius 1 is 1.33 bits per heavy atom. The zero-order chi connectivity index (χ0) is 10.4. The molecule has 0 N–H and O–H groups in total. The Morgan fingerprint density at radius 2 is 2.13 bits per heavy atom. The lowest BCUT2D eigenvalue weighted by Gasteiger charge is -2.17. The van der Waals surface area contributed by atoms with E-state index < -0.39 is 0 Å². The first-order chi connectivity index (χ1) is 7.31. The van der Waals surface area contributed by atoms with Crippen LogP contribution in [0.1, 0.15) is 19.3 Å². The number of carbonyl (C=O) groups is 1. The number of hydrogen-bond donors (Lipinski definition) is 0. The predicted octanol–water partition coefficient (Wildman–Crippen LogP) is 2.95. The van der Waals surface area contributed by atoms with E-state index in [1.54, 1.807) is 0 Å². The van der Waals surface area contributed by atoms with Gasteiger partial charge in [-0.05, 0) is 42.6 Å². The Morgan fingerprint density at radius 3 is 2.87 bits per heavy atom. The molecule has 0 aromatic carbocycles. The number of fused-ring (bicyclic) bond motifs is 5. The zero-order valence-corrected chi connectivity index (χ0v) is 9.41. The summed E-state index contributed by atoms with van der Waals surface area (Å²) in [5, 5.41) is 0. The van der Waals surface area contributed by atoms with Gasteiger partial charge in [0.25, 0.3) is 0 Å². The third-order valence-electron chi connectivity index (χ3n) is 4.11. The normalized spacial score (nSPS) is 41.1. The maximum absolute atomic E-state index is 12.1. The number of rotatable bonds is 3. The summed E-state index contributed by atoms with van der Waals surface area (Å²) in [6.07, 6.45) is 9.83. The van der Waals surface area contributed by atoms with Crippen LogP contribution in [0, 0.1) is 23.7 Å². The quantitative estimate of drug-likeness (QED) is 0.530. The molecule has 15 heavy (non-hydrogen) atoms. The third-order valence-corrected chi connectivity index (χ3v) is 4.38. The van der Waals surface area contributed by atoms with Gasteiger partial charge in [-0.3, -0.25) is 4.79 Å². The van der Waals surface area contributed by atoms with Gasteiger partial charge in [0.15, 0.2) is 5.78 Å². The largest absolute Gasteiger partial charge is 0.294 e. The van der Waals surface area contributed by atoms with Gasteiger partial charge in [0.05, 0.1) is 0 Å². The average molecular weight is 223 g/mol. The van der Waals surface area contributed by atoms with Crippen molar-refractivity contribution in [1.29, 1.82) is 0 Å². The van der Waals surface area contributed by atoms with E-state index in [0.29, 0.717) is 35.3 Å². The van der Waals surface area contributed by atoms with Crippen molar-refractivity contribution in [2.24, 2.45) is 23.7 Å². The van der Waals surface area contributed by atoms with E-state index in [2.05, 4.69) is 18.2 Å². The lowest BCUT2D eigenvalue weighted by atomic mass is 9.85. The number of hydrogen-bond acceptors (Lipinski definition) is 1. The molecule has 3 aliphatic rings. The minimum absolute atomic E-state index is 0.297. The average Bonchev–Trinajstić information content (AvgIpc) is 2.88. The Labute approximate surface area is 95.2 Å². The van der Waals surface area contributed by atoms with Crippen molar-refractivity contribution < 1.29 is 4.79 Å². The van der Waals surface area contributed by atoms with Crippen LogP contribution in [0.15, 0.2) is 23.8 Å². The van der Waals surface area contributed by atoms with Crippen LogP contribution < -0.4 is 0 Å². The highest BCUT2D eigenvalue weighted by molar-refractivity contribution is 6.17. The molecular formula is C13H15ClO. The van der Waals surface area contributed by atoms with Gasteiger partial charge in [-0.2, -0.15) is 0 Å². The molecule has 1 fully saturated rings. The van der Waals surface area contributed by atoms with E-state index >= 15 is 0 Å². The van der Waals surface area contributed by atoms with Gasteiger partial charge in [0.2, 0.25) is 0 Å². The second-order valence-electron chi connectivity index (χ2n) is 4.90. The second-order valence-corrected chi connectivity index (χ2v) is 5.28. The Balaban J connectivity index is 1.80. The molecule has 0 amide bonds. The van der Waals surface area contributed by atoms with Gasteiger partial charge in [-0.25, -0.2) is 0 Å². The van der Waals surface area contributed by atoms with E-state index in [-0.39, 0.29) is 0 Å². The van der Waals surface area contributed by atoms with Gasteiger partial charge in [0.1, 0.15) is 0 Å². The minimum atomic E-state index is 0.297. The molecule has 4 atom stereocenters. The summed E-state index contributed by atoms with van der Waals surface area (Å²) >= 11 is 5.67. The summed E-state index contributed by atoms with van der Waals surface area (Å²) in [6.45, 7) is 0. The molecule has 0 radical (unpaired) electrons. The smallest absolute Gasteiger partial charge is 0.162 e. The molecule has 0 aromatic rings. The lowest BCUT2D eigenvalue weighted by Crippen LogP contribution is -2.21. The SMILES string of the molecule is O=C1C(CCCCl)=CC2C1[C@H]1C=C[C@@H]2C1. The standard InChI is InChI=1S/C13H15ClO/c14-5-1-2-10-7-11-8-3-4-9(6-8)12(11)13(10)15/h3-4,7-9,11-12H,1-2,5-6H2/t8-,9+,11?,12?/m1/s1. The maximum Gasteiger partial charge on any atom is 0.162 e. The molecule has 2 heteroatoms. The van der Waals surface area contributed by atoms with Gasteiger partial charge >= 0.3 is 0 Å². The first-order valence-electron chi connectivity index (χ1n) is 5.80. The Kier molecular flexibility index (Phi) is 2.24. The van der Waals surface area contributed by atoms with Crippen LogP contribution >= 0.6 is 11.6 Å². The number of halogens is 1. The molecule has 2 bridgehead atoms. The maximum atomic E-state index is 12.1. The first-order valence-corrected chi connectivity index (χ1v) is 6.34. The van der Waals surface area contributed by atoms with Crippen LogP contribution in [0.3, 0.4) is 0 Å². The van der Waals surface area contributed by atoms with Crippen molar-refractivity contribution in [2.75, 3.05) is 5.88 Å². The van der Waals surface area contributed by atoms with E-state index in [9.17, 15) is 4.79 Å². The summed E-state index contributed by atoms with van der Waals surface area (Å²) in [7, 11) is 0. The molecule has 2 unspecified atom stereocenters. The van der Waals surface area contributed by atoms with E-state index in [4.69, 9.17) is 11.6 Å². The van der Waals surface area contributed by atoms with Crippen LogP contribution in [0.5, 0.6) is 0 Å². The molecule has 0 saturated heterocycles. The molecule has 0 aromatic heterocycles. The molecule has 0 aliphatic heterocycles. The summed E-state index contributed by atoms with van der Waals surface area (Å²) in [6, 6.07) is 0. The molecule has 1 nitrogen and oxygen atoms in total. The van der Waals surface area contributed by atoms with Gasteiger partial charge in [0, 0.05) is 11.8 Å². The fraction of sp³-hybridized carbons (Fsp3) is 0.615. The number of ketones is 1. The predicted molar refractivity (Wildman–Crippen MR) is 60.8 cm³/mol. The monoisotopic (exact) mass is 222 g/mol. The molecule has 0 spiro atoms. The van der Waals surface area contributed by atoms with Crippen LogP contribution in [0.25, 0.3) is 0 Å². The van der Waals surface area contributed by atoms with Gasteiger partial charge in [-0.1, -0.05) is 18.2 Å². The molecule has 80 valence electrons. The van der Waals surface area contributed by atoms with Crippen molar-refractivity contribution in [2.45, 2.75) is 19.3 Å². The fourth-order valence-corrected chi connectivity index (χ4v) is 3.58. The topological polar surface area (TPSA) is 17.1 Å². The number of allylic oxidation sites excluding steroid dienone is 4. The van der Waals surface area contributed by atoms with Crippen LogP contribution in [-0.4, -0.2) is 11.7 Å². The van der Waals surface area contributed by atoms with Crippen molar-refractivity contribution in [3.05, 3.63) is 23.8 Å². The third kappa shape index (κ3) is 1.32. The van der Waals surface area contributed by atoms with Gasteiger partial charge < -0.3 is 0 Å². The molecular weight excluding hydrogens is 208 g/mol. The van der Waals surface area contributed by atoms with E-state index in [1.165, 1.54) is 6.42 Å². The zero-order valence-electron chi connectivity index (χ0n) is 8.66. The van der Waals surface area contributed by atoms with Crippen LogP contribution in [0.4, 0.5) is 0 Å². The summed E-state index contributed by atoms with van der Waals surface area (Å²) in [4.78, 5) is 12.1. The van der Waals surface area contributed by atoms with E-state index in [1.807, 2.05) is 0 Å². The lowest BCUT2D eigenvalue weighted by molar-refractivity contribution is -0.119. The summed E-state index contributed by atoms with van der Waals surface area (Å²) < 4.78 is 0. The van der Waals surface area contributed by atoms with E-state index in [0.717, 1.165) is 18.4 Å². The van der Waals surface area contributed by atoms with Crippen molar-refractivity contribution in [1.82, 2.24) is 0 Å². The molecule has 3 aliphatic carbocycles. The van der Waals surface area contributed by atoms with Crippen molar-refractivity contribution in [3.8, 4) is 0 Å². The minimum Gasteiger partial charge on any atom is -0.294 e. The first kappa shape index (κ1) is 9.65. The van der Waals surface area contributed by atoms with Crippen LogP contribution in [-0.2, 0) is 4.79 Å². The number of Topliss-reactive ketones (excluding diaryl/α,β-unsaturated/α-hetero) is 1. The molecule has 1 saturated carbocycles. The Hall–Kier alpha value is -0.560. The van der Waals surface area contributed by atoms with Crippen molar-refractivity contribution in [3.63, 3.8) is 0 Å².